The van der Waals surface area contributed by atoms with E-state index < -0.39 is 0 Å². The summed E-state index contributed by atoms with van der Waals surface area (Å²) < 4.78 is 20.4. The maximum Gasteiger partial charge on any atom is 0.146 e. The topological polar surface area (TPSA) is 40.2 Å². The zero-order valence-electron chi connectivity index (χ0n) is 8.38. The van der Waals surface area contributed by atoms with Crippen LogP contribution < -0.4 is 0 Å². The van der Waals surface area contributed by atoms with E-state index in [-0.39, 0.29) is 5.60 Å². The van der Waals surface area contributed by atoms with Gasteiger partial charge in [0.25, 0.3) is 0 Å². The molecule has 0 radical (unpaired) electrons. The van der Waals surface area contributed by atoms with Gasteiger partial charge in [0.2, 0.25) is 0 Å². The minimum Gasteiger partial charge on any atom is -0.382 e. The molecule has 0 aliphatic carbocycles. The maximum atomic E-state index is 5.24. The molecule has 0 aromatic carbocycles. The zero-order chi connectivity index (χ0) is 9.57. The van der Waals surface area contributed by atoms with Crippen LogP contribution in [0, 0.1) is 0 Å². The van der Waals surface area contributed by atoms with E-state index in [2.05, 4.69) is 6.92 Å². The number of hydrogen-bond acceptors (Lipinski definition) is 4. The van der Waals surface area contributed by atoms with Crippen molar-refractivity contribution in [3.8, 4) is 0 Å². The SMILES string of the molecule is COCCOCOCC[C@@]1(C)CO1. The fraction of sp³-hybridized carbons (Fsp3) is 1.00. The summed E-state index contributed by atoms with van der Waals surface area (Å²) in [5.41, 5.74) is 0.0898. The lowest BCUT2D eigenvalue weighted by Crippen LogP contribution is -2.12. The van der Waals surface area contributed by atoms with Crippen LogP contribution in [0.15, 0.2) is 0 Å². The molecule has 1 aliphatic rings. The molecule has 1 heterocycles. The normalized spacial score (nSPS) is 26.3. The molecule has 0 amide bonds. The van der Waals surface area contributed by atoms with Gasteiger partial charge in [0.15, 0.2) is 0 Å². The first kappa shape index (κ1) is 10.9. The molecular formula is C9H18O4. The summed E-state index contributed by atoms with van der Waals surface area (Å²) in [5, 5.41) is 0. The second kappa shape index (κ2) is 5.54. The van der Waals surface area contributed by atoms with E-state index >= 15 is 0 Å². The van der Waals surface area contributed by atoms with Crippen LogP contribution in [0.1, 0.15) is 13.3 Å². The van der Waals surface area contributed by atoms with Gasteiger partial charge in [-0.3, -0.25) is 0 Å². The van der Waals surface area contributed by atoms with E-state index in [9.17, 15) is 0 Å². The Labute approximate surface area is 79.1 Å². The number of rotatable bonds is 8. The van der Waals surface area contributed by atoms with Gasteiger partial charge >= 0.3 is 0 Å². The predicted molar refractivity (Wildman–Crippen MR) is 47.6 cm³/mol. The molecule has 0 aromatic rings. The van der Waals surface area contributed by atoms with Crippen LogP contribution in [0.5, 0.6) is 0 Å². The van der Waals surface area contributed by atoms with Crippen molar-refractivity contribution in [2.45, 2.75) is 18.9 Å². The van der Waals surface area contributed by atoms with E-state index in [1.54, 1.807) is 7.11 Å². The third kappa shape index (κ3) is 5.21. The first-order valence-corrected chi connectivity index (χ1v) is 4.55. The molecule has 0 saturated carbocycles. The van der Waals surface area contributed by atoms with Crippen LogP contribution in [0.25, 0.3) is 0 Å². The van der Waals surface area contributed by atoms with Crippen molar-refractivity contribution in [2.75, 3.05) is 40.3 Å². The Kier molecular flexibility index (Phi) is 4.66. The summed E-state index contributed by atoms with van der Waals surface area (Å²) in [7, 11) is 1.65. The van der Waals surface area contributed by atoms with Crippen molar-refractivity contribution in [3.05, 3.63) is 0 Å². The highest BCUT2D eigenvalue weighted by Crippen LogP contribution is 2.29. The van der Waals surface area contributed by atoms with Gasteiger partial charge in [-0.1, -0.05) is 0 Å². The average Bonchev–Trinajstić information content (AvgIpc) is 2.83. The third-order valence-electron chi connectivity index (χ3n) is 2.01. The molecule has 1 rings (SSSR count). The van der Waals surface area contributed by atoms with E-state index in [1.165, 1.54) is 0 Å². The number of ether oxygens (including phenoxy) is 4. The van der Waals surface area contributed by atoms with Gasteiger partial charge in [-0.05, 0) is 6.92 Å². The largest absolute Gasteiger partial charge is 0.382 e. The standard InChI is InChI=1S/C9H18O4/c1-9(7-13-9)3-4-11-8-12-6-5-10-2/h3-8H2,1-2H3/t9-/m0/s1. The molecule has 0 spiro atoms. The molecule has 1 saturated heterocycles. The Morgan fingerprint density at radius 2 is 1.92 bits per heavy atom. The summed E-state index contributed by atoms with van der Waals surface area (Å²) in [6.45, 7) is 5.19. The summed E-state index contributed by atoms with van der Waals surface area (Å²) >= 11 is 0. The second-order valence-corrected chi connectivity index (χ2v) is 3.42. The minimum atomic E-state index is 0.0898. The van der Waals surface area contributed by atoms with Crippen LogP contribution >= 0.6 is 0 Å². The molecule has 1 fully saturated rings. The van der Waals surface area contributed by atoms with E-state index in [1.807, 2.05) is 0 Å². The van der Waals surface area contributed by atoms with Gasteiger partial charge in [-0.2, -0.15) is 0 Å². The highest BCUT2D eigenvalue weighted by Gasteiger charge is 2.38. The van der Waals surface area contributed by atoms with Crippen molar-refractivity contribution < 1.29 is 18.9 Å². The molecule has 4 heteroatoms. The molecule has 4 nitrogen and oxygen atoms in total. The average molecular weight is 190 g/mol. The first-order valence-electron chi connectivity index (χ1n) is 4.55. The van der Waals surface area contributed by atoms with Gasteiger partial charge in [0.1, 0.15) is 6.79 Å². The molecular weight excluding hydrogens is 172 g/mol. The lowest BCUT2D eigenvalue weighted by Gasteiger charge is -2.06. The first-order chi connectivity index (χ1) is 6.27. The monoisotopic (exact) mass is 190 g/mol. The molecule has 1 atom stereocenters. The van der Waals surface area contributed by atoms with Crippen LogP contribution in [0.2, 0.25) is 0 Å². The van der Waals surface area contributed by atoms with Crippen LogP contribution in [0.3, 0.4) is 0 Å². The predicted octanol–water partition coefficient (Wildman–Crippen LogP) is 0.803. The fourth-order valence-corrected chi connectivity index (χ4v) is 0.875. The van der Waals surface area contributed by atoms with Gasteiger partial charge in [0, 0.05) is 13.5 Å². The Balaban J connectivity index is 1.74. The Hall–Kier alpha value is -0.160. The smallest absolute Gasteiger partial charge is 0.146 e. The summed E-state index contributed by atoms with van der Waals surface area (Å²) in [6, 6.07) is 0. The molecule has 0 bridgehead atoms. The van der Waals surface area contributed by atoms with E-state index in [4.69, 9.17) is 18.9 Å². The highest BCUT2D eigenvalue weighted by molar-refractivity contribution is 4.86. The highest BCUT2D eigenvalue weighted by atomic mass is 16.7. The zero-order valence-corrected chi connectivity index (χ0v) is 8.38. The molecule has 0 aromatic heterocycles. The quantitative estimate of drug-likeness (QED) is 0.322. The van der Waals surface area contributed by atoms with Crippen LogP contribution in [-0.2, 0) is 18.9 Å². The van der Waals surface area contributed by atoms with Gasteiger partial charge in [-0.25, -0.2) is 0 Å². The third-order valence-corrected chi connectivity index (χ3v) is 2.01. The Morgan fingerprint density at radius 3 is 2.54 bits per heavy atom. The van der Waals surface area contributed by atoms with Crippen molar-refractivity contribution >= 4 is 0 Å². The van der Waals surface area contributed by atoms with Crippen molar-refractivity contribution in [2.24, 2.45) is 0 Å². The van der Waals surface area contributed by atoms with Crippen LogP contribution in [0.4, 0.5) is 0 Å². The number of epoxide rings is 1. The fourth-order valence-electron chi connectivity index (χ4n) is 0.875. The molecule has 1 aliphatic heterocycles. The van der Waals surface area contributed by atoms with E-state index in [0.29, 0.717) is 26.6 Å². The molecule has 0 N–H and O–H groups in total. The van der Waals surface area contributed by atoms with Gasteiger partial charge in [0.05, 0.1) is 32.0 Å². The van der Waals surface area contributed by atoms with E-state index in [0.717, 1.165) is 13.0 Å². The van der Waals surface area contributed by atoms with Gasteiger partial charge < -0.3 is 18.9 Å². The summed E-state index contributed by atoms with van der Waals surface area (Å²) in [4.78, 5) is 0. The number of hydrogen-bond donors (Lipinski definition) is 0. The lowest BCUT2D eigenvalue weighted by atomic mass is 10.1. The lowest BCUT2D eigenvalue weighted by molar-refractivity contribution is -0.0687. The van der Waals surface area contributed by atoms with Gasteiger partial charge in [-0.15, -0.1) is 0 Å². The molecule has 78 valence electrons. The summed E-state index contributed by atoms with van der Waals surface area (Å²) in [6.07, 6.45) is 0.945. The maximum absolute atomic E-state index is 5.24. The number of methoxy groups -OCH3 is 1. The van der Waals surface area contributed by atoms with Crippen molar-refractivity contribution in [1.29, 1.82) is 0 Å². The summed E-state index contributed by atoms with van der Waals surface area (Å²) in [5.74, 6) is 0. The van der Waals surface area contributed by atoms with Crippen molar-refractivity contribution in [1.82, 2.24) is 0 Å². The van der Waals surface area contributed by atoms with Crippen LogP contribution in [-0.4, -0.2) is 45.9 Å². The Bertz CT molecular complexity index is 134. The molecule has 0 unspecified atom stereocenters. The Morgan fingerprint density at radius 1 is 1.23 bits per heavy atom. The molecule has 13 heavy (non-hydrogen) atoms. The second-order valence-electron chi connectivity index (χ2n) is 3.42. The van der Waals surface area contributed by atoms with Crippen molar-refractivity contribution in [3.63, 3.8) is 0 Å². The minimum absolute atomic E-state index is 0.0898.